The number of aliphatic carboxylic acids is 1. The Hall–Kier alpha value is -0.750. The summed E-state index contributed by atoms with van der Waals surface area (Å²) in [6.07, 6.45) is 1.72. The molecule has 17 heavy (non-hydrogen) atoms. The van der Waals surface area contributed by atoms with E-state index >= 15 is 0 Å². The van der Waals surface area contributed by atoms with Gasteiger partial charge in [-0.05, 0) is 20.3 Å². The van der Waals surface area contributed by atoms with Gasteiger partial charge >= 0.3 is 5.97 Å². The molecule has 1 amide bonds. The predicted molar refractivity (Wildman–Crippen MR) is 67.7 cm³/mol. The first-order valence-corrected chi connectivity index (χ1v) is 6.80. The molecule has 0 aromatic rings. The van der Waals surface area contributed by atoms with Gasteiger partial charge in [-0.25, -0.2) is 4.79 Å². The van der Waals surface area contributed by atoms with E-state index in [1.807, 2.05) is 6.92 Å². The Morgan fingerprint density at radius 1 is 1.53 bits per heavy atom. The van der Waals surface area contributed by atoms with Crippen molar-refractivity contribution in [3.63, 3.8) is 0 Å². The third-order valence-electron chi connectivity index (χ3n) is 2.70. The van der Waals surface area contributed by atoms with Crippen LogP contribution in [-0.4, -0.2) is 44.6 Å². The fraction of sp³-hybridized carbons (Fsp3) is 0.818. The van der Waals surface area contributed by atoms with Crippen LogP contribution in [-0.2, 0) is 9.59 Å². The molecule has 3 N–H and O–H groups in total. The second-order valence-electron chi connectivity index (χ2n) is 4.86. The first kappa shape index (κ1) is 14.3. The lowest BCUT2D eigenvalue weighted by Gasteiger charge is -2.32. The van der Waals surface area contributed by atoms with E-state index in [2.05, 4.69) is 0 Å². The van der Waals surface area contributed by atoms with Gasteiger partial charge < -0.3 is 15.7 Å². The highest BCUT2D eigenvalue weighted by Crippen LogP contribution is 2.33. The summed E-state index contributed by atoms with van der Waals surface area (Å²) in [5, 5.41) is 9.08. The molecule has 1 aliphatic heterocycles. The van der Waals surface area contributed by atoms with Gasteiger partial charge in [0.2, 0.25) is 5.91 Å². The Morgan fingerprint density at radius 3 is 2.53 bits per heavy atom. The van der Waals surface area contributed by atoms with Crippen molar-refractivity contribution >= 4 is 23.6 Å². The van der Waals surface area contributed by atoms with E-state index in [9.17, 15) is 9.59 Å². The second-order valence-corrected chi connectivity index (χ2v) is 6.08. The van der Waals surface area contributed by atoms with Crippen molar-refractivity contribution in [3.8, 4) is 0 Å². The van der Waals surface area contributed by atoms with Crippen LogP contribution in [0.3, 0.4) is 0 Å². The van der Waals surface area contributed by atoms with Gasteiger partial charge in [-0.1, -0.05) is 13.3 Å². The lowest BCUT2D eigenvalue weighted by molar-refractivity contribution is -0.151. The number of nitrogens with zero attached hydrogens (tertiary/aromatic N) is 1. The van der Waals surface area contributed by atoms with Crippen LogP contribution in [0.25, 0.3) is 0 Å². The average molecular weight is 260 g/mol. The lowest BCUT2D eigenvalue weighted by Crippen LogP contribution is -2.56. The maximum Gasteiger partial charge on any atom is 0.327 e. The van der Waals surface area contributed by atoms with E-state index in [4.69, 9.17) is 10.8 Å². The van der Waals surface area contributed by atoms with Crippen molar-refractivity contribution in [2.24, 2.45) is 5.73 Å². The number of carboxylic acid groups (broad SMARTS) is 1. The zero-order valence-corrected chi connectivity index (χ0v) is 11.3. The van der Waals surface area contributed by atoms with Crippen molar-refractivity contribution < 1.29 is 14.7 Å². The molecule has 1 rings (SSSR count). The zero-order chi connectivity index (χ0) is 13.2. The van der Waals surface area contributed by atoms with Gasteiger partial charge in [-0.3, -0.25) is 4.79 Å². The molecule has 0 radical (unpaired) electrons. The summed E-state index contributed by atoms with van der Waals surface area (Å²) in [6, 6.07) is -0.744. The largest absolute Gasteiger partial charge is 0.480 e. The number of carboxylic acids is 1. The molecule has 5 nitrogen and oxygen atoms in total. The van der Waals surface area contributed by atoms with Gasteiger partial charge in [-0.15, -0.1) is 11.8 Å². The molecule has 1 aliphatic rings. The second kappa shape index (κ2) is 5.27. The number of thioether (sulfide) groups is 1. The van der Waals surface area contributed by atoms with Gasteiger partial charge in [0, 0.05) is 5.75 Å². The van der Waals surface area contributed by atoms with Crippen molar-refractivity contribution in [1.82, 2.24) is 4.90 Å². The molecule has 1 fully saturated rings. The summed E-state index contributed by atoms with van der Waals surface area (Å²) >= 11 is 1.52. The molecule has 98 valence electrons. The fourth-order valence-corrected chi connectivity index (χ4v) is 3.34. The van der Waals surface area contributed by atoms with Crippen LogP contribution in [0.4, 0.5) is 0 Å². The first-order valence-electron chi connectivity index (χ1n) is 5.75. The minimum Gasteiger partial charge on any atom is -0.480 e. The Kier molecular flexibility index (Phi) is 4.43. The summed E-state index contributed by atoms with van der Waals surface area (Å²) < 4.78 is 0. The van der Waals surface area contributed by atoms with E-state index in [0.717, 1.165) is 12.8 Å². The average Bonchev–Trinajstić information content (AvgIpc) is 2.59. The molecule has 2 unspecified atom stereocenters. The highest BCUT2D eigenvalue weighted by Gasteiger charge is 2.44. The molecular formula is C11H20N2O3S. The van der Waals surface area contributed by atoms with E-state index in [0.29, 0.717) is 5.75 Å². The molecule has 0 aliphatic carbocycles. The fourth-order valence-electron chi connectivity index (χ4n) is 1.83. The molecule has 0 bridgehead atoms. The van der Waals surface area contributed by atoms with E-state index in [1.54, 1.807) is 13.8 Å². The number of carbonyl (C=O) groups excluding carboxylic acids is 1. The molecule has 2 atom stereocenters. The summed E-state index contributed by atoms with van der Waals surface area (Å²) in [7, 11) is 0. The highest BCUT2D eigenvalue weighted by atomic mass is 32.2. The molecule has 0 aromatic heterocycles. The van der Waals surface area contributed by atoms with E-state index in [1.165, 1.54) is 16.7 Å². The summed E-state index contributed by atoms with van der Waals surface area (Å²) in [4.78, 5) is 24.8. The Labute approximate surface area is 106 Å². The zero-order valence-electron chi connectivity index (χ0n) is 10.5. The van der Waals surface area contributed by atoms with Crippen molar-refractivity contribution in [2.75, 3.05) is 5.75 Å². The maximum atomic E-state index is 12.2. The minimum atomic E-state index is -1.02. The predicted octanol–water partition coefficient (Wildman–Crippen LogP) is 0.879. The standard InChI is InChI=1S/C11H20N2O3S/c1-4-5-8-13(10(16)11(2,3)12)7(6-17-8)9(14)15/h7-8H,4-6,12H2,1-3H3,(H,14,15). The van der Waals surface area contributed by atoms with Crippen LogP contribution in [0, 0.1) is 0 Å². The molecule has 0 spiro atoms. The summed E-state index contributed by atoms with van der Waals surface area (Å²) in [6.45, 7) is 5.24. The number of amides is 1. The van der Waals surface area contributed by atoms with Crippen molar-refractivity contribution in [2.45, 2.75) is 50.6 Å². The van der Waals surface area contributed by atoms with E-state index in [-0.39, 0.29) is 11.3 Å². The van der Waals surface area contributed by atoms with Gasteiger partial charge in [0.25, 0.3) is 0 Å². The van der Waals surface area contributed by atoms with Crippen molar-refractivity contribution in [1.29, 1.82) is 0 Å². The molecule has 0 saturated carbocycles. The third-order valence-corrected chi connectivity index (χ3v) is 4.05. The first-order chi connectivity index (χ1) is 7.79. The molecule has 0 aromatic carbocycles. The number of nitrogens with two attached hydrogens (primary N) is 1. The van der Waals surface area contributed by atoms with Gasteiger partial charge in [0.15, 0.2) is 0 Å². The van der Waals surface area contributed by atoms with Crippen LogP contribution in [0.15, 0.2) is 0 Å². The molecule has 1 saturated heterocycles. The van der Waals surface area contributed by atoms with Crippen LogP contribution in [0.2, 0.25) is 0 Å². The van der Waals surface area contributed by atoms with Crippen LogP contribution >= 0.6 is 11.8 Å². The van der Waals surface area contributed by atoms with E-state index < -0.39 is 17.6 Å². The number of rotatable bonds is 4. The SMILES string of the molecule is CCCC1SCC(C(=O)O)N1C(=O)C(C)(C)N. The highest BCUT2D eigenvalue weighted by molar-refractivity contribution is 8.00. The van der Waals surface area contributed by atoms with Crippen molar-refractivity contribution in [3.05, 3.63) is 0 Å². The smallest absolute Gasteiger partial charge is 0.327 e. The van der Waals surface area contributed by atoms with Crippen LogP contribution in [0.5, 0.6) is 0 Å². The normalized spacial score (nSPS) is 25.1. The molecule has 6 heteroatoms. The summed E-state index contributed by atoms with van der Waals surface area (Å²) in [5.74, 6) is -0.788. The lowest BCUT2D eigenvalue weighted by atomic mass is 10.0. The monoisotopic (exact) mass is 260 g/mol. The van der Waals surface area contributed by atoms with Gasteiger partial charge in [-0.2, -0.15) is 0 Å². The number of hydrogen-bond donors (Lipinski definition) is 2. The Bertz CT molecular complexity index is 314. The molecule has 1 heterocycles. The quantitative estimate of drug-likeness (QED) is 0.784. The number of carbonyl (C=O) groups is 2. The van der Waals surface area contributed by atoms with Gasteiger partial charge in [0.1, 0.15) is 6.04 Å². The minimum absolute atomic E-state index is 0.0589. The van der Waals surface area contributed by atoms with Crippen LogP contribution < -0.4 is 5.73 Å². The Morgan fingerprint density at radius 2 is 2.12 bits per heavy atom. The maximum absolute atomic E-state index is 12.2. The Balaban J connectivity index is 2.93. The van der Waals surface area contributed by atoms with Gasteiger partial charge in [0.05, 0.1) is 10.9 Å². The van der Waals surface area contributed by atoms with Crippen LogP contribution in [0.1, 0.15) is 33.6 Å². The number of hydrogen-bond acceptors (Lipinski definition) is 4. The third kappa shape index (κ3) is 3.13. The topological polar surface area (TPSA) is 83.6 Å². The molecular weight excluding hydrogens is 240 g/mol. The summed E-state index contributed by atoms with van der Waals surface area (Å²) in [5.41, 5.74) is 4.76.